The van der Waals surface area contributed by atoms with Gasteiger partial charge in [0.1, 0.15) is 5.51 Å². The fraction of sp³-hybridized carbons (Fsp3) is 0.333. The minimum absolute atomic E-state index is 0.380. The summed E-state index contributed by atoms with van der Waals surface area (Å²) >= 11 is 0.927. The first-order valence-electron chi connectivity index (χ1n) is 1.85. The summed E-state index contributed by atoms with van der Waals surface area (Å²) in [5.74, 6) is -0.380. The Hall–Kier alpha value is -0.580. The number of nitrogens with zero attached hydrogens (tertiary/aromatic N) is 2. The molecule has 0 saturated carbocycles. The van der Waals surface area contributed by atoms with Crippen molar-refractivity contribution in [1.82, 2.24) is 9.36 Å². The van der Waals surface area contributed by atoms with Gasteiger partial charge in [0.15, 0.2) is 0 Å². The first kappa shape index (κ1) is 5.55. The fourth-order valence-electron chi connectivity index (χ4n) is 0.275. The van der Waals surface area contributed by atoms with E-state index < -0.39 is 6.43 Å². The number of halogens is 2. The molecule has 0 unspecified atom stereocenters. The Labute approximate surface area is 48.3 Å². The molecular formula is C3H2F2N2S. The summed E-state index contributed by atoms with van der Waals surface area (Å²) in [5, 5.41) is 0. The average molecular weight is 136 g/mol. The smallest absolute Gasteiger partial charge is 0.222 e. The SMILES string of the molecule is FC(F)c1ncsn1. The summed E-state index contributed by atoms with van der Waals surface area (Å²) < 4.78 is 26.3. The van der Waals surface area contributed by atoms with Crippen LogP contribution in [0, 0.1) is 0 Å². The van der Waals surface area contributed by atoms with Gasteiger partial charge >= 0.3 is 0 Å². The van der Waals surface area contributed by atoms with Crippen LogP contribution < -0.4 is 0 Å². The van der Waals surface area contributed by atoms with Crippen molar-refractivity contribution in [1.29, 1.82) is 0 Å². The summed E-state index contributed by atoms with van der Waals surface area (Å²) in [7, 11) is 0. The zero-order valence-electron chi connectivity index (χ0n) is 3.71. The van der Waals surface area contributed by atoms with Crippen LogP contribution in [0.2, 0.25) is 0 Å². The molecular weight excluding hydrogens is 134 g/mol. The fourth-order valence-corrected chi connectivity index (χ4v) is 0.712. The molecule has 0 saturated heterocycles. The molecule has 44 valence electrons. The lowest BCUT2D eigenvalue weighted by Gasteiger charge is -1.84. The molecule has 0 fully saturated rings. The lowest BCUT2D eigenvalue weighted by atomic mass is 10.7. The van der Waals surface area contributed by atoms with Crippen molar-refractivity contribution < 1.29 is 8.78 Å². The molecule has 0 spiro atoms. The van der Waals surface area contributed by atoms with Crippen LogP contribution in [0.15, 0.2) is 5.51 Å². The Kier molecular flexibility index (Phi) is 1.48. The molecule has 8 heavy (non-hydrogen) atoms. The van der Waals surface area contributed by atoms with E-state index in [0.29, 0.717) is 0 Å². The first-order chi connectivity index (χ1) is 3.80. The maximum absolute atomic E-state index is 11.5. The number of alkyl halides is 2. The lowest BCUT2D eigenvalue weighted by Crippen LogP contribution is -1.83. The third kappa shape index (κ3) is 0.975. The minimum Gasteiger partial charge on any atom is -0.222 e. The summed E-state index contributed by atoms with van der Waals surface area (Å²) in [6.07, 6.45) is -2.53. The third-order valence-electron chi connectivity index (χ3n) is 0.574. The van der Waals surface area contributed by atoms with Crippen molar-refractivity contribution in [2.24, 2.45) is 0 Å². The van der Waals surface area contributed by atoms with Gasteiger partial charge in [0.05, 0.1) is 0 Å². The summed E-state index contributed by atoms with van der Waals surface area (Å²) in [6, 6.07) is 0. The van der Waals surface area contributed by atoms with Gasteiger partial charge in [0, 0.05) is 0 Å². The molecule has 5 heteroatoms. The predicted octanol–water partition coefficient (Wildman–Crippen LogP) is 1.48. The van der Waals surface area contributed by atoms with E-state index in [2.05, 4.69) is 9.36 Å². The van der Waals surface area contributed by atoms with Crippen LogP contribution >= 0.6 is 11.5 Å². The maximum Gasteiger partial charge on any atom is 0.298 e. The predicted molar refractivity (Wildman–Crippen MR) is 24.9 cm³/mol. The summed E-state index contributed by atoms with van der Waals surface area (Å²) in [5.41, 5.74) is 1.28. The molecule has 0 aliphatic rings. The average Bonchev–Trinajstić information content (AvgIpc) is 2.12. The molecule has 2 nitrogen and oxygen atoms in total. The number of hydrogen-bond donors (Lipinski definition) is 0. The van der Waals surface area contributed by atoms with Crippen LogP contribution in [0.4, 0.5) is 8.78 Å². The van der Waals surface area contributed by atoms with Crippen molar-refractivity contribution in [3.05, 3.63) is 11.3 Å². The van der Waals surface area contributed by atoms with Crippen molar-refractivity contribution >= 4 is 11.5 Å². The van der Waals surface area contributed by atoms with Crippen LogP contribution in [-0.2, 0) is 0 Å². The number of rotatable bonds is 1. The molecule has 0 bridgehead atoms. The Balaban J connectivity index is 2.77. The van der Waals surface area contributed by atoms with Crippen molar-refractivity contribution in [2.75, 3.05) is 0 Å². The van der Waals surface area contributed by atoms with E-state index in [0.717, 1.165) is 11.5 Å². The van der Waals surface area contributed by atoms with Crippen molar-refractivity contribution in [3.8, 4) is 0 Å². The summed E-state index contributed by atoms with van der Waals surface area (Å²) in [4.78, 5) is 3.27. The Bertz CT molecular complexity index is 150. The zero-order valence-corrected chi connectivity index (χ0v) is 4.53. The van der Waals surface area contributed by atoms with E-state index in [1.165, 1.54) is 5.51 Å². The van der Waals surface area contributed by atoms with E-state index in [-0.39, 0.29) is 5.82 Å². The van der Waals surface area contributed by atoms with Crippen molar-refractivity contribution in [2.45, 2.75) is 6.43 Å². The molecule has 0 aliphatic heterocycles. The van der Waals surface area contributed by atoms with E-state index in [1.807, 2.05) is 0 Å². The molecule has 0 N–H and O–H groups in total. The van der Waals surface area contributed by atoms with Crippen LogP contribution in [-0.4, -0.2) is 9.36 Å². The molecule has 1 aromatic rings. The highest BCUT2D eigenvalue weighted by Crippen LogP contribution is 2.13. The van der Waals surface area contributed by atoms with E-state index in [4.69, 9.17) is 0 Å². The highest BCUT2D eigenvalue weighted by Gasteiger charge is 2.08. The van der Waals surface area contributed by atoms with E-state index >= 15 is 0 Å². The number of aromatic nitrogens is 2. The Morgan fingerprint density at radius 1 is 1.62 bits per heavy atom. The highest BCUT2D eigenvalue weighted by molar-refractivity contribution is 7.03. The van der Waals surface area contributed by atoms with E-state index in [9.17, 15) is 8.78 Å². The van der Waals surface area contributed by atoms with Gasteiger partial charge in [-0.25, -0.2) is 13.8 Å². The Morgan fingerprint density at radius 3 is 2.62 bits per heavy atom. The second-order valence-electron chi connectivity index (χ2n) is 1.09. The summed E-state index contributed by atoms with van der Waals surface area (Å²) in [6.45, 7) is 0. The second kappa shape index (κ2) is 2.13. The molecule has 1 rings (SSSR count). The van der Waals surface area contributed by atoms with Crippen LogP contribution in [0.3, 0.4) is 0 Å². The molecule has 0 aromatic carbocycles. The van der Waals surface area contributed by atoms with Gasteiger partial charge in [-0.2, -0.15) is 4.37 Å². The zero-order chi connectivity index (χ0) is 5.98. The van der Waals surface area contributed by atoms with Gasteiger partial charge in [-0.05, 0) is 11.5 Å². The van der Waals surface area contributed by atoms with E-state index in [1.54, 1.807) is 0 Å². The molecule has 0 aliphatic carbocycles. The molecule has 1 aromatic heterocycles. The van der Waals surface area contributed by atoms with Gasteiger partial charge in [-0.1, -0.05) is 0 Å². The third-order valence-corrected chi connectivity index (χ3v) is 1.07. The van der Waals surface area contributed by atoms with Gasteiger partial charge in [-0.15, -0.1) is 0 Å². The maximum atomic E-state index is 11.5. The molecule has 1 heterocycles. The van der Waals surface area contributed by atoms with Crippen LogP contribution in [0.25, 0.3) is 0 Å². The monoisotopic (exact) mass is 136 g/mol. The van der Waals surface area contributed by atoms with Crippen molar-refractivity contribution in [3.63, 3.8) is 0 Å². The van der Waals surface area contributed by atoms with Crippen LogP contribution in [0.1, 0.15) is 12.2 Å². The van der Waals surface area contributed by atoms with Crippen LogP contribution in [0.5, 0.6) is 0 Å². The second-order valence-corrected chi connectivity index (χ2v) is 1.69. The molecule has 0 radical (unpaired) electrons. The highest BCUT2D eigenvalue weighted by atomic mass is 32.1. The quantitative estimate of drug-likeness (QED) is 0.584. The van der Waals surface area contributed by atoms with Gasteiger partial charge in [-0.3, -0.25) is 0 Å². The number of hydrogen-bond acceptors (Lipinski definition) is 3. The Morgan fingerprint density at radius 2 is 2.38 bits per heavy atom. The largest absolute Gasteiger partial charge is 0.298 e. The standard InChI is InChI=1S/C3H2F2N2S/c4-2(5)3-6-1-8-7-3/h1-2H. The lowest BCUT2D eigenvalue weighted by molar-refractivity contribution is 0.142. The normalized spacial score (nSPS) is 10.4. The minimum atomic E-state index is -2.53. The first-order valence-corrected chi connectivity index (χ1v) is 2.69. The topological polar surface area (TPSA) is 25.8 Å². The molecule has 0 amide bonds. The van der Waals surface area contributed by atoms with Gasteiger partial charge < -0.3 is 0 Å². The van der Waals surface area contributed by atoms with Gasteiger partial charge in [0.25, 0.3) is 6.43 Å². The molecule has 0 atom stereocenters. The van der Waals surface area contributed by atoms with Gasteiger partial charge in [0.2, 0.25) is 5.82 Å².